The van der Waals surface area contributed by atoms with Crippen LogP contribution in [0, 0.1) is 11.3 Å². The number of para-hydroxylation sites is 1. The summed E-state index contributed by atoms with van der Waals surface area (Å²) in [5, 5.41) is 15.2. The fraction of sp³-hybridized carbons (Fsp3) is 0.174. The average molecular weight is 402 g/mol. The van der Waals surface area contributed by atoms with Crippen LogP contribution in [0.2, 0.25) is 0 Å². The molecule has 2 N–H and O–H groups in total. The van der Waals surface area contributed by atoms with E-state index in [9.17, 15) is 10.1 Å². The lowest BCUT2D eigenvalue weighted by molar-refractivity contribution is 0.102. The number of hydrogen-bond donors (Lipinski definition) is 2. The Morgan fingerprint density at radius 1 is 1.10 bits per heavy atom. The summed E-state index contributed by atoms with van der Waals surface area (Å²) in [4.78, 5) is 17.0. The number of hydrogen-bond acceptors (Lipinski definition) is 6. The molecule has 0 unspecified atom stereocenters. The highest BCUT2D eigenvalue weighted by atomic mass is 16.5. The fourth-order valence-electron chi connectivity index (χ4n) is 2.74. The number of methoxy groups -OCH3 is 1. The number of ether oxygens (including phenoxy) is 2. The molecule has 0 bridgehead atoms. The summed E-state index contributed by atoms with van der Waals surface area (Å²) in [6.45, 7) is 1.45. The zero-order valence-electron chi connectivity index (χ0n) is 16.6. The molecule has 3 rings (SSSR count). The van der Waals surface area contributed by atoms with Crippen molar-refractivity contribution in [2.45, 2.75) is 6.61 Å². The van der Waals surface area contributed by atoms with Gasteiger partial charge in [0.1, 0.15) is 18.2 Å². The van der Waals surface area contributed by atoms with Crippen LogP contribution >= 0.6 is 0 Å². The largest absolute Gasteiger partial charge is 0.488 e. The van der Waals surface area contributed by atoms with E-state index in [0.717, 1.165) is 11.3 Å². The van der Waals surface area contributed by atoms with Crippen LogP contribution in [0.25, 0.3) is 0 Å². The number of nitrogens with zero attached hydrogens (tertiary/aromatic N) is 2. The third-order valence-electron chi connectivity index (χ3n) is 4.29. The molecular formula is C23H22N4O3. The van der Waals surface area contributed by atoms with Crippen LogP contribution in [0.5, 0.6) is 5.75 Å². The van der Waals surface area contributed by atoms with Gasteiger partial charge in [-0.15, -0.1) is 0 Å². The maximum absolute atomic E-state index is 12.7. The summed E-state index contributed by atoms with van der Waals surface area (Å²) in [5.41, 5.74) is 2.53. The van der Waals surface area contributed by atoms with E-state index in [4.69, 9.17) is 9.47 Å². The third-order valence-corrected chi connectivity index (χ3v) is 4.29. The standard InChI is InChI=1S/C23H22N4O3/c1-29-13-12-25-19-10-11-22(26-15-19)27-23(28)20-8-4-5-9-21(20)30-16-18-7-3-2-6-17(18)14-24/h2-11,15,25H,12-13,16H2,1H3,(H,26,27,28). The predicted octanol–water partition coefficient (Wildman–Crippen LogP) is 3.84. The Labute approximate surface area is 175 Å². The molecule has 0 saturated carbocycles. The molecule has 3 aromatic rings. The molecule has 1 amide bonds. The lowest BCUT2D eigenvalue weighted by atomic mass is 10.1. The van der Waals surface area contributed by atoms with Gasteiger partial charge < -0.3 is 20.1 Å². The van der Waals surface area contributed by atoms with Crippen LogP contribution in [0.1, 0.15) is 21.5 Å². The second-order valence-corrected chi connectivity index (χ2v) is 6.36. The van der Waals surface area contributed by atoms with Gasteiger partial charge in [0.25, 0.3) is 5.91 Å². The molecule has 7 nitrogen and oxygen atoms in total. The minimum atomic E-state index is -0.327. The van der Waals surface area contributed by atoms with Crippen LogP contribution in [0.3, 0.4) is 0 Å². The van der Waals surface area contributed by atoms with Crippen molar-refractivity contribution in [3.05, 3.63) is 83.6 Å². The number of pyridine rings is 1. The second kappa shape index (κ2) is 10.6. The van der Waals surface area contributed by atoms with E-state index in [1.807, 2.05) is 18.2 Å². The van der Waals surface area contributed by atoms with Crippen molar-refractivity contribution in [2.24, 2.45) is 0 Å². The highest BCUT2D eigenvalue weighted by Gasteiger charge is 2.13. The number of benzene rings is 2. The van der Waals surface area contributed by atoms with Gasteiger partial charge >= 0.3 is 0 Å². The van der Waals surface area contributed by atoms with Gasteiger partial charge in [-0.25, -0.2) is 4.98 Å². The van der Waals surface area contributed by atoms with Crippen LogP contribution in [0.4, 0.5) is 11.5 Å². The number of rotatable bonds is 9. The van der Waals surface area contributed by atoms with Crippen molar-refractivity contribution < 1.29 is 14.3 Å². The van der Waals surface area contributed by atoms with E-state index >= 15 is 0 Å². The van der Waals surface area contributed by atoms with Crippen molar-refractivity contribution in [1.29, 1.82) is 5.26 Å². The molecule has 0 aliphatic rings. The Morgan fingerprint density at radius 3 is 2.67 bits per heavy atom. The molecule has 0 atom stereocenters. The topological polar surface area (TPSA) is 96.3 Å². The molecule has 0 spiro atoms. The molecule has 30 heavy (non-hydrogen) atoms. The Balaban J connectivity index is 1.66. The van der Waals surface area contributed by atoms with Crippen LogP contribution in [-0.2, 0) is 11.3 Å². The summed E-state index contributed by atoms with van der Waals surface area (Å²) in [5.74, 6) is 0.536. The van der Waals surface area contributed by atoms with Crippen LogP contribution in [-0.4, -0.2) is 31.2 Å². The fourth-order valence-corrected chi connectivity index (χ4v) is 2.74. The lowest BCUT2D eigenvalue weighted by Crippen LogP contribution is -2.15. The van der Waals surface area contributed by atoms with E-state index in [1.165, 1.54) is 0 Å². The molecule has 0 aliphatic carbocycles. The molecule has 0 aliphatic heterocycles. The summed E-state index contributed by atoms with van der Waals surface area (Å²) < 4.78 is 10.8. The van der Waals surface area contributed by atoms with Gasteiger partial charge in [-0.2, -0.15) is 5.26 Å². The summed E-state index contributed by atoms with van der Waals surface area (Å²) >= 11 is 0. The van der Waals surface area contributed by atoms with Gasteiger partial charge in [0.15, 0.2) is 0 Å². The highest BCUT2D eigenvalue weighted by Crippen LogP contribution is 2.21. The van der Waals surface area contributed by atoms with Crippen LogP contribution < -0.4 is 15.4 Å². The van der Waals surface area contributed by atoms with Crippen molar-refractivity contribution >= 4 is 17.4 Å². The molecule has 1 heterocycles. The van der Waals surface area contributed by atoms with Gasteiger partial charge in [-0.05, 0) is 30.3 Å². The maximum atomic E-state index is 12.7. The number of carbonyl (C=O) groups is 1. The minimum absolute atomic E-state index is 0.189. The molecule has 2 aromatic carbocycles. The molecule has 0 saturated heterocycles. The normalized spacial score (nSPS) is 10.1. The summed E-state index contributed by atoms with van der Waals surface area (Å²) in [6, 6.07) is 19.9. The number of anilines is 2. The first-order valence-corrected chi connectivity index (χ1v) is 9.41. The first kappa shape index (κ1) is 20.8. The van der Waals surface area contributed by atoms with Crippen molar-refractivity contribution in [1.82, 2.24) is 4.98 Å². The zero-order valence-corrected chi connectivity index (χ0v) is 16.6. The predicted molar refractivity (Wildman–Crippen MR) is 114 cm³/mol. The molecule has 0 fully saturated rings. The van der Waals surface area contributed by atoms with Gasteiger partial charge in [0, 0.05) is 19.2 Å². The Kier molecular flexibility index (Phi) is 7.36. The Morgan fingerprint density at radius 2 is 1.90 bits per heavy atom. The van der Waals surface area contributed by atoms with E-state index in [1.54, 1.807) is 55.8 Å². The van der Waals surface area contributed by atoms with Crippen molar-refractivity contribution in [2.75, 3.05) is 30.9 Å². The Hall–Kier alpha value is -3.89. The Bertz CT molecular complexity index is 1030. The maximum Gasteiger partial charge on any atom is 0.260 e. The van der Waals surface area contributed by atoms with Crippen molar-refractivity contribution in [3.8, 4) is 11.8 Å². The minimum Gasteiger partial charge on any atom is -0.488 e. The van der Waals surface area contributed by atoms with E-state index in [2.05, 4.69) is 21.7 Å². The van der Waals surface area contributed by atoms with E-state index in [0.29, 0.717) is 35.8 Å². The number of carbonyl (C=O) groups excluding carboxylic acids is 1. The van der Waals surface area contributed by atoms with Gasteiger partial charge in [0.2, 0.25) is 0 Å². The number of amides is 1. The summed E-state index contributed by atoms with van der Waals surface area (Å²) in [7, 11) is 1.64. The molecule has 152 valence electrons. The molecule has 0 radical (unpaired) electrons. The SMILES string of the molecule is COCCNc1ccc(NC(=O)c2ccccc2OCc2ccccc2C#N)nc1. The quantitative estimate of drug-likeness (QED) is 0.528. The second-order valence-electron chi connectivity index (χ2n) is 6.36. The number of nitriles is 1. The third kappa shape index (κ3) is 5.56. The number of aromatic nitrogens is 1. The highest BCUT2D eigenvalue weighted by molar-refractivity contribution is 6.05. The van der Waals surface area contributed by atoms with Gasteiger partial charge in [0.05, 0.1) is 35.7 Å². The van der Waals surface area contributed by atoms with E-state index in [-0.39, 0.29) is 12.5 Å². The van der Waals surface area contributed by atoms with Crippen LogP contribution in [0.15, 0.2) is 66.9 Å². The van der Waals surface area contributed by atoms with E-state index < -0.39 is 0 Å². The van der Waals surface area contributed by atoms with Gasteiger partial charge in [-0.1, -0.05) is 30.3 Å². The first-order chi connectivity index (χ1) is 14.7. The number of nitrogens with one attached hydrogen (secondary N) is 2. The molecule has 7 heteroatoms. The summed E-state index contributed by atoms with van der Waals surface area (Å²) in [6.07, 6.45) is 1.65. The molecule has 1 aromatic heterocycles. The average Bonchev–Trinajstić information content (AvgIpc) is 2.79. The first-order valence-electron chi connectivity index (χ1n) is 9.41. The lowest BCUT2D eigenvalue weighted by Gasteiger charge is -2.12. The zero-order chi connectivity index (χ0) is 21.2. The smallest absolute Gasteiger partial charge is 0.260 e. The monoisotopic (exact) mass is 402 g/mol. The van der Waals surface area contributed by atoms with Crippen molar-refractivity contribution in [3.63, 3.8) is 0 Å². The molecular weight excluding hydrogens is 380 g/mol. The van der Waals surface area contributed by atoms with Gasteiger partial charge in [-0.3, -0.25) is 4.79 Å².